The van der Waals surface area contributed by atoms with Gasteiger partial charge < -0.3 is 9.47 Å². The van der Waals surface area contributed by atoms with E-state index in [1.807, 2.05) is 7.11 Å². The van der Waals surface area contributed by atoms with Crippen LogP contribution >= 0.6 is 0 Å². The second kappa shape index (κ2) is 7.53. The van der Waals surface area contributed by atoms with Crippen LogP contribution in [0.2, 0.25) is 0 Å². The summed E-state index contributed by atoms with van der Waals surface area (Å²) < 4.78 is 12.5. The third kappa shape index (κ3) is 3.91. The molecule has 0 spiro atoms. The van der Waals surface area contributed by atoms with Crippen molar-refractivity contribution in [2.75, 3.05) is 7.11 Å². The van der Waals surface area contributed by atoms with Crippen LogP contribution in [0.1, 0.15) is 97.1 Å². The monoisotopic (exact) mass is 370 g/mol. The van der Waals surface area contributed by atoms with Crippen molar-refractivity contribution in [3.8, 4) is 11.5 Å². The topological polar surface area (TPSA) is 18.5 Å². The summed E-state index contributed by atoms with van der Waals surface area (Å²) in [5.74, 6) is 3.06. The van der Waals surface area contributed by atoms with E-state index in [1.165, 1.54) is 42.4 Å². The quantitative estimate of drug-likeness (QED) is 0.390. The second-order valence-corrected chi connectivity index (χ2v) is 9.84. The molecule has 0 saturated carbocycles. The maximum Gasteiger partial charge on any atom is 0.127 e. The van der Waals surface area contributed by atoms with E-state index >= 15 is 0 Å². The van der Waals surface area contributed by atoms with Gasteiger partial charge >= 0.3 is 0 Å². The molecule has 0 fully saturated rings. The van der Waals surface area contributed by atoms with E-state index in [-0.39, 0.29) is 11.0 Å². The molecule has 27 heavy (non-hydrogen) atoms. The Morgan fingerprint density at radius 1 is 1.22 bits per heavy atom. The molecule has 0 amide bonds. The van der Waals surface area contributed by atoms with Gasteiger partial charge in [-0.05, 0) is 63.1 Å². The molecule has 0 bridgehead atoms. The molecule has 150 valence electrons. The van der Waals surface area contributed by atoms with E-state index in [0.717, 1.165) is 24.3 Å². The van der Waals surface area contributed by atoms with Crippen LogP contribution in [0.25, 0.3) is 0 Å². The van der Waals surface area contributed by atoms with E-state index in [1.54, 1.807) is 0 Å². The van der Waals surface area contributed by atoms with Crippen molar-refractivity contribution in [2.45, 2.75) is 97.0 Å². The molecular formula is C25H38O2. The van der Waals surface area contributed by atoms with Gasteiger partial charge in [0, 0.05) is 17.4 Å². The first kappa shape index (κ1) is 20.3. The van der Waals surface area contributed by atoms with E-state index in [2.05, 4.69) is 59.8 Å². The van der Waals surface area contributed by atoms with Gasteiger partial charge in [-0.15, -0.1) is 0 Å². The van der Waals surface area contributed by atoms with Gasteiger partial charge in [0.25, 0.3) is 0 Å². The number of rotatable bonds is 6. The Balaban J connectivity index is 2.04. The normalized spacial score (nSPS) is 23.7. The van der Waals surface area contributed by atoms with Crippen LogP contribution in [0.15, 0.2) is 23.8 Å². The molecule has 2 unspecified atom stereocenters. The summed E-state index contributed by atoms with van der Waals surface area (Å²) in [6.45, 7) is 13.8. The van der Waals surface area contributed by atoms with Crippen LogP contribution in [0, 0.1) is 5.92 Å². The van der Waals surface area contributed by atoms with Crippen molar-refractivity contribution in [1.82, 2.24) is 0 Å². The predicted octanol–water partition coefficient (Wildman–Crippen LogP) is 7.16. The summed E-state index contributed by atoms with van der Waals surface area (Å²) in [6, 6.07) is 4.60. The maximum absolute atomic E-state index is 6.62. The highest BCUT2D eigenvalue weighted by molar-refractivity contribution is 5.54. The minimum atomic E-state index is -0.148. The fourth-order valence-corrected chi connectivity index (χ4v) is 5.07. The lowest BCUT2D eigenvalue weighted by atomic mass is 9.66. The Hall–Kier alpha value is -1.44. The zero-order valence-electron chi connectivity index (χ0n) is 18.4. The van der Waals surface area contributed by atoms with Crippen molar-refractivity contribution in [3.63, 3.8) is 0 Å². The SMILES string of the molecule is CCCCCC(C)(C)c1cc(OC)c2c(c1)OC(C)(C)C1CC=C(C)CC21. The minimum Gasteiger partial charge on any atom is -0.496 e. The first-order valence-corrected chi connectivity index (χ1v) is 10.8. The highest BCUT2D eigenvalue weighted by Crippen LogP contribution is 2.55. The molecule has 0 saturated heterocycles. The average Bonchev–Trinajstić information content (AvgIpc) is 2.60. The summed E-state index contributed by atoms with van der Waals surface area (Å²) in [7, 11) is 1.81. The number of allylic oxidation sites excluding steroid dienone is 2. The van der Waals surface area contributed by atoms with Crippen LogP contribution < -0.4 is 9.47 Å². The summed E-state index contributed by atoms with van der Waals surface area (Å²) >= 11 is 0. The average molecular weight is 371 g/mol. The lowest BCUT2D eigenvalue weighted by Crippen LogP contribution is -2.45. The Kier molecular flexibility index (Phi) is 5.66. The Labute approximate surface area is 166 Å². The summed E-state index contributed by atoms with van der Waals surface area (Å²) in [6.07, 6.45) is 9.62. The van der Waals surface area contributed by atoms with E-state index in [0.29, 0.717) is 11.8 Å². The van der Waals surface area contributed by atoms with Crippen LogP contribution in [0.3, 0.4) is 0 Å². The zero-order valence-corrected chi connectivity index (χ0v) is 18.4. The van der Waals surface area contributed by atoms with Crippen LogP contribution in [0.5, 0.6) is 11.5 Å². The summed E-state index contributed by atoms with van der Waals surface area (Å²) in [5.41, 5.74) is 4.11. The number of hydrogen-bond acceptors (Lipinski definition) is 2. The number of unbranched alkanes of at least 4 members (excludes halogenated alkanes) is 2. The lowest BCUT2D eigenvalue weighted by molar-refractivity contribution is 0.00738. The van der Waals surface area contributed by atoms with Crippen LogP contribution in [0.4, 0.5) is 0 Å². The van der Waals surface area contributed by atoms with Gasteiger partial charge in [-0.25, -0.2) is 0 Å². The molecule has 1 aromatic rings. The van der Waals surface area contributed by atoms with Crippen LogP contribution in [-0.4, -0.2) is 12.7 Å². The zero-order chi connectivity index (χ0) is 19.8. The van der Waals surface area contributed by atoms with E-state index in [4.69, 9.17) is 9.47 Å². The largest absolute Gasteiger partial charge is 0.496 e. The molecule has 0 radical (unpaired) electrons. The summed E-state index contributed by atoms with van der Waals surface area (Å²) in [5, 5.41) is 0. The van der Waals surface area contributed by atoms with Crippen molar-refractivity contribution in [3.05, 3.63) is 34.9 Å². The first-order chi connectivity index (χ1) is 12.7. The standard InChI is InChI=1S/C25H38O2/c1-8-9-10-13-24(3,4)18-15-21(26-7)23-19-14-17(2)11-12-20(19)25(5,6)27-22(23)16-18/h11,15-16,19-20H,8-10,12-14H2,1-7H3. The van der Waals surface area contributed by atoms with Crippen molar-refractivity contribution in [1.29, 1.82) is 0 Å². The summed E-state index contributed by atoms with van der Waals surface area (Å²) in [4.78, 5) is 0. The van der Waals surface area contributed by atoms with Crippen molar-refractivity contribution >= 4 is 0 Å². The maximum atomic E-state index is 6.62. The fraction of sp³-hybridized carbons (Fsp3) is 0.680. The molecular weight excluding hydrogens is 332 g/mol. The van der Waals surface area contributed by atoms with Gasteiger partial charge in [0.05, 0.1) is 7.11 Å². The minimum absolute atomic E-state index is 0.129. The van der Waals surface area contributed by atoms with Gasteiger partial charge in [-0.1, -0.05) is 51.7 Å². The smallest absolute Gasteiger partial charge is 0.127 e. The molecule has 1 aromatic carbocycles. The van der Waals surface area contributed by atoms with Crippen LogP contribution in [-0.2, 0) is 5.41 Å². The number of fused-ring (bicyclic) bond motifs is 3. The van der Waals surface area contributed by atoms with Gasteiger partial charge in [0.1, 0.15) is 17.1 Å². The highest BCUT2D eigenvalue weighted by Gasteiger charge is 2.46. The van der Waals surface area contributed by atoms with Crippen molar-refractivity contribution < 1.29 is 9.47 Å². The number of methoxy groups -OCH3 is 1. The Morgan fingerprint density at radius 3 is 2.63 bits per heavy atom. The van der Waals surface area contributed by atoms with Gasteiger partial charge in [-0.3, -0.25) is 0 Å². The molecule has 2 nitrogen and oxygen atoms in total. The first-order valence-electron chi connectivity index (χ1n) is 10.8. The molecule has 2 atom stereocenters. The predicted molar refractivity (Wildman–Crippen MR) is 114 cm³/mol. The van der Waals surface area contributed by atoms with E-state index in [9.17, 15) is 0 Å². The second-order valence-electron chi connectivity index (χ2n) is 9.84. The number of ether oxygens (including phenoxy) is 2. The molecule has 0 aromatic heterocycles. The van der Waals surface area contributed by atoms with Gasteiger partial charge in [0.2, 0.25) is 0 Å². The Bertz CT molecular complexity index is 711. The third-order valence-electron chi connectivity index (χ3n) is 6.90. The van der Waals surface area contributed by atoms with Gasteiger partial charge in [-0.2, -0.15) is 0 Å². The third-order valence-corrected chi connectivity index (χ3v) is 6.90. The highest BCUT2D eigenvalue weighted by atomic mass is 16.5. The fourth-order valence-electron chi connectivity index (χ4n) is 5.07. The number of hydrogen-bond donors (Lipinski definition) is 0. The molecule has 3 rings (SSSR count). The number of benzene rings is 1. The van der Waals surface area contributed by atoms with Gasteiger partial charge in [0.15, 0.2) is 0 Å². The molecule has 1 aliphatic heterocycles. The van der Waals surface area contributed by atoms with E-state index < -0.39 is 0 Å². The molecule has 2 heteroatoms. The molecule has 1 heterocycles. The molecule has 1 aliphatic carbocycles. The lowest BCUT2D eigenvalue weighted by Gasteiger charge is -2.47. The molecule has 2 aliphatic rings. The Morgan fingerprint density at radius 2 is 1.96 bits per heavy atom. The molecule has 0 N–H and O–H groups in total. The van der Waals surface area contributed by atoms with Crippen molar-refractivity contribution in [2.24, 2.45) is 5.92 Å².